The van der Waals surface area contributed by atoms with Crippen LogP contribution in [0, 0.1) is 17.7 Å². The Bertz CT molecular complexity index is 570. The Morgan fingerprint density at radius 2 is 1.81 bits per heavy atom. The van der Waals surface area contributed by atoms with Crippen LogP contribution in [0.2, 0.25) is 0 Å². The average Bonchev–Trinajstić information content (AvgIpc) is 2.88. The van der Waals surface area contributed by atoms with Crippen molar-refractivity contribution in [2.45, 2.75) is 39.0 Å². The summed E-state index contributed by atoms with van der Waals surface area (Å²) >= 11 is 0. The van der Waals surface area contributed by atoms with E-state index in [1.807, 2.05) is 4.90 Å². The van der Waals surface area contributed by atoms with Crippen LogP contribution in [0.5, 0.6) is 5.75 Å². The van der Waals surface area contributed by atoms with Crippen molar-refractivity contribution in [1.82, 2.24) is 9.80 Å². The molecule has 0 aliphatic carbocycles. The highest BCUT2D eigenvalue weighted by Gasteiger charge is 2.24. The maximum atomic E-state index is 12.9. The van der Waals surface area contributed by atoms with Gasteiger partial charge in [-0.05, 0) is 81.3 Å². The summed E-state index contributed by atoms with van der Waals surface area (Å²) in [5.74, 6) is 1.83. The third-order valence-corrected chi connectivity index (χ3v) is 5.77. The summed E-state index contributed by atoms with van der Waals surface area (Å²) in [4.78, 5) is 17.0. The average molecular weight is 362 g/mol. The second kappa shape index (κ2) is 9.36. The molecule has 2 aliphatic heterocycles. The van der Waals surface area contributed by atoms with E-state index >= 15 is 0 Å². The third-order valence-electron chi connectivity index (χ3n) is 5.77. The molecule has 1 aromatic carbocycles. The zero-order valence-corrected chi connectivity index (χ0v) is 15.8. The molecule has 0 saturated carbocycles. The maximum absolute atomic E-state index is 12.9. The Morgan fingerprint density at radius 3 is 2.54 bits per heavy atom. The molecule has 26 heavy (non-hydrogen) atoms. The van der Waals surface area contributed by atoms with E-state index in [4.69, 9.17) is 4.74 Å². The lowest BCUT2D eigenvalue weighted by molar-refractivity contribution is -0.133. The Balaban J connectivity index is 1.41. The first kappa shape index (κ1) is 19.2. The number of piperidine rings is 1. The number of hydrogen-bond donors (Lipinski definition) is 0. The molecule has 2 fully saturated rings. The highest BCUT2D eigenvalue weighted by molar-refractivity contribution is 5.77. The Kier molecular flexibility index (Phi) is 6.89. The fourth-order valence-corrected chi connectivity index (χ4v) is 3.97. The van der Waals surface area contributed by atoms with Gasteiger partial charge < -0.3 is 14.5 Å². The standard InChI is InChI=1S/C21H31FN2O2/c1-17-8-12-23(13-9-17)15-18-3-2-11-24(14-10-18)21(25)16-26-20-6-4-19(22)5-7-20/h4-7,17-18H,2-3,8-16H2,1H3. The Hall–Kier alpha value is -1.62. The number of hydrogen-bond acceptors (Lipinski definition) is 3. The maximum Gasteiger partial charge on any atom is 0.260 e. The van der Waals surface area contributed by atoms with E-state index in [0.29, 0.717) is 11.7 Å². The SMILES string of the molecule is CC1CCN(CC2CCCN(C(=O)COc3ccc(F)cc3)CC2)CC1. The molecule has 1 atom stereocenters. The van der Waals surface area contributed by atoms with Crippen LogP contribution in [0.4, 0.5) is 4.39 Å². The van der Waals surface area contributed by atoms with Crippen LogP contribution in [-0.4, -0.2) is 55.0 Å². The summed E-state index contributed by atoms with van der Waals surface area (Å²) < 4.78 is 18.4. The molecule has 0 bridgehead atoms. The van der Waals surface area contributed by atoms with Gasteiger partial charge in [-0.25, -0.2) is 4.39 Å². The third kappa shape index (κ3) is 5.70. The van der Waals surface area contributed by atoms with E-state index in [1.54, 1.807) is 12.1 Å². The van der Waals surface area contributed by atoms with Crippen molar-refractivity contribution in [2.75, 3.05) is 39.3 Å². The number of carbonyl (C=O) groups excluding carboxylic acids is 1. The predicted octanol–water partition coefficient (Wildman–Crippen LogP) is 3.57. The summed E-state index contributed by atoms with van der Waals surface area (Å²) in [6, 6.07) is 5.80. The van der Waals surface area contributed by atoms with E-state index in [-0.39, 0.29) is 18.3 Å². The molecule has 4 nitrogen and oxygen atoms in total. The summed E-state index contributed by atoms with van der Waals surface area (Å²) in [5, 5.41) is 0. The monoisotopic (exact) mass is 362 g/mol. The number of ether oxygens (including phenoxy) is 1. The van der Waals surface area contributed by atoms with Crippen LogP contribution < -0.4 is 4.74 Å². The first-order chi connectivity index (χ1) is 12.6. The molecule has 1 unspecified atom stereocenters. The van der Waals surface area contributed by atoms with Crippen molar-refractivity contribution in [3.63, 3.8) is 0 Å². The number of nitrogens with zero attached hydrogens (tertiary/aromatic N) is 2. The van der Waals surface area contributed by atoms with Crippen LogP contribution in [0.25, 0.3) is 0 Å². The zero-order valence-electron chi connectivity index (χ0n) is 15.8. The Morgan fingerprint density at radius 1 is 1.08 bits per heavy atom. The van der Waals surface area contributed by atoms with Gasteiger partial charge in [-0.3, -0.25) is 4.79 Å². The van der Waals surface area contributed by atoms with Gasteiger partial charge in [0.05, 0.1) is 0 Å². The fraction of sp³-hybridized carbons (Fsp3) is 0.667. The molecule has 0 N–H and O–H groups in total. The minimum Gasteiger partial charge on any atom is -0.484 e. The lowest BCUT2D eigenvalue weighted by atomic mass is 9.95. The number of halogens is 1. The van der Waals surface area contributed by atoms with Gasteiger partial charge in [0.25, 0.3) is 5.91 Å². The predicted molar refractivity (Wildman–Crippen MR) is 101 cm³/mol. The van der Waals surface area contributed by atoms with E-state index in [1.165, 1.54) is 51.0 Å². The molecular weight excluding hydrogens is 331 g/mol. The molecule has 2 aliphatic rings. The minimum atomic E-state index is -0.301. The molecular formula is C21H31FN2O2. The van der Waals surface area contributed by atoms with Gasteiger partial charge >= 0.3 is 0 Å². The summed E-state index contributed by atoms with van der Waals surface area (Å²) in [7, 11) is 0. The highest BCUT2D eigenvalue weighted by atomic mass is 19.1. The molecule has 1 amide bonds. The fourth-order valence-electron chi connectivity index (χ4n) is 3.97. The van der Waals surface area contributed by atoms with Gasteiger partial charge in [-0.2, -0.15) is 0 Å². The van der Waals surface area contributed by atoms with Crippen LogP contribution in [0.15, 0.2) is 24.3 Å². The molecule has 0 radical (unpaired) electrons. The number of benzene rings is 1. The quantitative estimate of drug-likeness (QED) is 0.803. The molecule has 0 aromatic heterocycles. The molecule has 0 spiro atoms. The molecule has 3 rings (SSSR count). The van der Waals surface area contributed by atoms with Crippen molar-refractivity contribution in [3.05, 3.63) is 30.1 Å². The first-order valence-electron chi connectivity index (χ1n) is 9.98. The second-order valence-electron chi connectivity index (χ2n) is 7.90. The molecule has 144 valence electrons. The van der Waals surface area contributed by atoms with Gasteiger partial charge in [0.2, 0.25) is 0 Å². The molecule has 1 aromatic rings. The molecule has 2 saturated heterocycles. The largest absolute Gasteiger partial charge is 0.484 e. The second-order valence-corrected chi connectivity index (χ2v) is 7.90. The van der Waals surface area contributed by atoms with Crippen molar-refractivity contribution >= 4 is 5.91 Å². The lowest BCUT2D eigenvalue weighted by Gasteiger charge is -2.32. The Labute approximate surface area is 156 Å². The minimum absolute atomic E-state index is 0.0281. The van der Waals surface area contributed by atoms with Crippen LogP contribution >= 0.6 is 0 Å². The van der Waals surface area contributed by atoms with Crippen LogP contribution in [-0.2, 0) is 4.79 Å². The van der Waals surface area contributed by atoms with Crippen LogP contribution in [0.1, 0.15) is 39.0 Å². The highest BCUT2D eigenvalue weighted by Crippen LogP contribution is 2.22. The number of amides is 1. The smallest absolute Gasteiger partial charge is 0.260 e. The number of rotatable bonds is 5. The normalized spacial score (nSPS) is 22.8. The number of likely N-dealkylation sites (tertiary alicyclic amines) is 2. The van der Waals surface area contributed by atoms with Crippen molar-refractivity contribution in [2.24, 2.45) is 11.8 Å². The summed E-state index contributed by atoms with van der Waals surface area (Å²) in [6.45, 7) is 7.65. The zero-order chi connectivity index (χ0) is 18.4. The lowest BCUT2D eigenvalue weighted by Crippen LogP contribution is -2.37. The molecule has 2 heterocycles. The summed E-state index contributed by atoms with van der Waals surface area (Å²) in [5.41, 5.74) is 0. The van der Waals surface area contributed by atoms with Gasteiger partial charge in [-0.1, -0.05) is 6.92 Å². The summed E-state index contributed by atoms with van der Waals surface area (Å²) in [6.07, 6.45) is 5.98. The van der Waals surface area contributed by atoms with E-state index in [0.717, 1.165) is 31.8 Å². The molecule has 5 heteroatoms. The van der Waals surface area contributed by atoms with Gasteiger partial charge in [0.1, 0.15) is 11.6 Å². The van der Waals surface area contributed by atoms with Crippen LogP contribution in [0.3, 0.4) is 0 Å². The topological polar surface area (TPSA) is 32.8 Å². The van der Waals surface area contributed by atoms with Crippen molar-refractivity contribution in [1.29, 1.82) is 0 Å². The van der Waals surface area contributed by atoms with Gasteiger partial charge in [0.15, 0.2) is 6.61 Å². The van der Waals surface area contributed by atoms with Crippen molar-refractivity contribution < 1.29 is 13.9 Å². The number of carbonyl (C=O) groups is 1. The van der Waals surface area contributed by atoms with Gasteiger partial charge in [-0.15, -0.1) is 0 Å². The first-order valence-corrected chi connectivity index (χ1v) is 9.98. The van der Waals surface area contributed by atoms with E-state index in [9.17, 15) is 9.18 Å². The van der Waals surface area contributed by atoms with Crippen molar-refractivity contribution in [3.8, 4) is 5.75 Å². The van der Waals surface area contributed by atoms with Gasteiger partial charge in [0, 0.05) is 19.6 Å². The van der Waals surface area contributed by atoms with E-state index in [2.05, 4.69) is 11.8 Å². The van der Waals surface area contributed by atoms with E-state index < -0.39 is 0 Å².